The van der Waals surface area contributed by atoms with Crippen LogP contribution >= 0.6 is 11.8 Å². The molecule has 0 unspecified atom stereocenters. The minimum Gasteiger partial charge on any atom is -0.497 e. The van der Waals surface area contributed by atoms with Gasteiger partial charge in [0.05, 0.1) is 20.0 Å². The van der Waals surface area contributed by atoms with Crippen molar-refractivity contribution in [3.8, 4) is 11.5 Å². The number of nitrogens with zero attached hydrogens (tertiary/aromatic N) is 3. The maximum Gasteiger partial charge on any atom is 0.237 e. The molecule has 1 saturated carbocycles. The van der Waals surface area contributed by atoms with Crippen molar-refractivity contribution < 1.29 is 19.1 Å². The summed E-state index contributed by atoms with van der Waals surface area (Å²) in [5, 5.41) is 11.6. The van der Waals surface area contributed by atoms with Gasteiger partial charge in [-0.05, 0) is 12.8 Å². The molecule has 9 nitrogen and oxygen atoms in total. The number of nitrogens with one attached hydrogen (secondary N) is 1. The van der Waals surface area contributed by atoms with Crippen molar-refractivity contribution in [3.05, 3.63) is 24.0 Å². The van der Waals surface area contributed by atoms with Crippen LogP contribution in [0, 0.1) is 0 Å². The number of thioether (sulfide) groups is 1. The van der Waals surface area contributed by atoms with Crippen molar-refractivity contribution in [2.45, 2.75) is 30.5 Å². The molecule has 0 saturated heterocycles. The number of aromatic nitrogens is 3. The van der Waals surface area contributed by atoms with E-state index in [1.54, 1.807) is 37.0 Å². The number of ether oxygens (including phenoxy) is 2. The largest absolute Gasteiger partial charge is 0.497 e. The molecule has 2 amide bonds. The summed E-state index contributed by atoms with van der Waals surface area (Å²) in [6, 6.07) is 5.12. The Morgan fingerprint density at radius 3 is 2.44 bits per heavy atom. The number of amides is 2. The summed E-state index contributed by atoms with van der Waals surface area (Å²) in [6.07, 6.45) is 2.06. The Bertz CT molecular complexity index is 828. The lowest BCUT2D eigenvalue weighted by atomic mass is 10.2. The van der Waals surface area contributed by atoms with Crippen LogP contribution in [0.15, 0.2) is 23.4 Å². The number of rotatable bonds is 9. The van der Waals surface area contributed by atoms with Gasteiger partial charge in [0.1, 0.15) is 23.9 Å². The summed E-state index contributed by atoms with van der Waals surface area (Å²) in [5.41, 5.74) is 5.89. The quantitative estimate of drug-likeness (QED) is 0.620. The van der Waals surface area contributed by atoms with E-state index in [0.717, 1.165) is 18.7 Å². The van der Waals surface area contributed by atoms with E-state index in [2.05, 4.69) is 15.5 Å². The normalized spacial score (nSPS) is 13.3. The highest BCUT2D eigenvalue weighted by Crippen LogP contribution is 2.40. The third kappa shape index (κ3) is 4.91. The molecule has 1 aliphatic rings. The molecule has 1 heterocycles. The van der Waals surface area contributed by atoms with Crippen LogP contribution in [0.2, 0.25) is 0 Å². The first-order valence-electron chi connectivity index (χ1n) is 8.37. The Labute approximate surface area is 160 Å². The van der Waals surface area contributed by atoms with E-state index in [-0.39, 0.29) is 18.2 Å². The highest BCUT2D eigenvalue weighted by Gasteiger charge is 2.31. The molecule has 0 atom stereocenters. The van der Waals surface area contributed by atoms with Gasteiger partial charge in [0.25, 0.3) is 0 Å². The first-order chi connectivity index (χ1) is 13.0. The monoisotopic (exact) mass is 391 g/mol. The predicted molar refractivity (Wildman–Crippen MR) is 100 cm³/mol. The Morgan fingerprint density at radius 1 is 1.22 bits per heavy atom. The smallest absolute Gasteiger partial charge is 0.237 e. The Morgan fingerprint density at radius 2 is 1.89 bits per heavy atom. The van der Waals surface area contributed by atoms with Gasteiger partial charge in [0.2, 0.25) is 11.8 Å². The number of hydrogen-bond donors (Lipinski definition) is 2. The number of anilines is 1. The van der Waals surface area contributed by atoms with Gasteiger partial charge in [-0.15, -0.1) is 10.2 Å². The second-order valence-corrected chi connectivity index (χ2v) is 7.05. The Balaban J connectivity index is 1.65. The molecule has 3 rings (SSSR count). The minimum atomic E-state index is -0.466. The topological polar surface area (TPSA) is 121 Å². The van der Waals surface area contributed by atoms with Crippen LogP contribution in [0.5, 0.6) is 11.5 Å². The standard InChI is InChI=1S/C17H21N5O4S/c1-25-12-5-11(6-13(7-12)26-2)19-15(24)9-27-17-21-20-16(10-3-4-10)22(17)8-14(18)23/h5-7,10H,3-4,8-9H2,1-2H3,(H2,18,23)(H,19,24). The lowest BCUT2D eigenvalue weighted by Crippen LogP contribution is -2.21. The van der Waals surface area contributed by atoms with Gasteiger partial charge in [-0.3, -0.25) is 14.2 Å². The van der Waals surface area contributed by atoms with Crippen LogP contribution in [-0.4, -0.2) is 46.6 Å². The average molecular weight is 391 g/mol. The van der Waals surface area contributed by atoms with Crippen LogP contribution in [0.25, 0.3) is 0 Å². The second kappa shape index (κ2) is 8.30. The number of carbonyl (C=O) groups excluding carboxylic acids is 2. The molecule has 27 heavy (non-hydrogen) atoms. The average Bonchev–Trinajstić information content (AvgIpc) is 3.41. The van der Waals surface area contributed by atoms with Gasteiger partial charge >= 0.3 is 0 Å². The van der Waals surface area contributed by atoms with Crippen molar-refractivity contribution in [1.82, 2.24) is 14.8 Å². The molecule has 1 aliphatic carbocycles. The number of primary amides is 1. The first kappa shape index (κ1) is 19.0. The van der Waals surface area contributed by atoms with Gasteiger partial charge < -0.3 is 20.5 Å². The Hall–Kier alpha value is -2.75. The molecule has 10 heteroatoms. The molecular weight excluding hydrogens is 370 g/mol. The molecule has 1 fully saturated rings. The fourth-order valence-electron chi connectivity index (χ4n) is 2.56. The second-order valence-electron chi connectivity index (χ2n) is 6.11. The van der Waals surface area contributed by atoms with Crippen LogP contribution in [0.3, 0.4) is 0 Å². The summed E-state index contributed by atoms with van der Waals surface area (Å²) in [7, 11) is 3.08. The van der Waals surface area contributed by atoms with E-state index in [1.807, 2.05) is 0 Å². The molecule has 0 radical (unpaired) electrons. The molecule has 0 aliphatic heterocycles. The van der Waals surface area contributed by atoms with Crippen LogP contribution in [0.1, 0.15) is 24.6 Å². The first-order valence-corrected chi connectivity index (χ1v) is 9.36. The van der Waals surface area contributed by atoms with Crippen LogP contribution in [-0.2, 0) is 16.1 Å². The molecule has 3 N–H and O–H groups in total. The summed E-state index contributed by atoms with van der Waals surface area (Å²) in [4.78, 5) is 23.7. The Kier molecular flexibility index (Phi) is 5.84. The van der Waals surface area contributed by atoms with E-state index in [9.17, 15) is 9.59 Å². The van der Waals surface area contributed by atoms with Gasteiger partial charge in [-0.25, -0.2) is 0 Å². The van der Waals surface area contributed by atoms with Crippen LogP contribution in [0.4, 0.5) is 5.69 Å². The van der Waals surface area contributed by atoms with Crippen molar-refractivity contribution in [2.75, 3.05) is 25.3 Å². The minimum absolute atomic E-state index is 0.00979. The summed E-state index contributed by atoms with van der Waals surface area (Å²) in [6.45, 7) is 0.00979. The molecule has 144 valence electrons. The third-order valence-electron chi connectivity index (χ3n) is 3.97. The SMILES string of the molecule is COc1cc(NC(=O)CSc2nnc(C3CC3)n2CC(N)=O)cc(OC)c1. The van der Waals surface area contributed by atoms with E-state index in [4.69, 9.17) is 15.2 Å². The van der Waals surface area contributed by atoms with Gasteiger partial charge in [0, 0.05) is 29.8 Å². The molecule has 1 aromatic carbocycles. The van der Waals surface area contributed by atoms with E-state index in [1.165, 1.54) is 11.8 Å². The number of benzene rings is 1. The maximum atomic E-state index is 12.3. The van der Waals surface area contributed by atoms with Gasteiger partial charge in [0.15, 0.2) is 5.16 Å². The molecule has 2 aromatic rings. The molecule has 0 spiro atoms. The number of hydrogen-bond acceptors (Lipinski definition) is 7. The van der Waals surface area contributed by atoms with Crippen molar-refractivity contribution in [3.63, 3.8) is 0 Å². The van der Waals surface area contributed by atoms with Crippen molar-refractivity contribution in [1.29, 1.82) is 0 Å². The third-order valence-corrected chi connectivity index (χ3v) is 4.94. The zero-order chi connectivity index (χ0) is 19.4. The van der Waals surface area contributed by atoms with Gasteiger partial charge in [-0.1, -0.05) is 11.8 Å². The van der Waals surface area contributed by atoms with Crippen LogP contribution < -0.4 is 20.5 Å². The fourth-order valence-corrected chi connectivity index (χ4v) is 3.31. The molecule has 0 bridgehead atoms. The zero-order valence-corrected chi connectivity index (χ0v) is 15.9. The maximum absolute atomic E-state index is 12.3. The summed E-state index contributed by atoms with van der Waals surface area (Å²) < 4.78 is 12.1. The lowest BCUT2D eigenvalue weighted by Gasteiger charge is -2.10. The highest BCUT2D eigenvalue weighted by atomic mass is 32.2. The zero-order valence-electron chi connectivity index (χ0n) is 15.1. The molecular formula is C17H21N5O4S. The molecule has 1 aromatic heterocycles. The van der Waals surface area contributed by atoms with Gasteiger partial charge in [-0.2, -0.15) is 0 Å². The lowest BCUT2D eigenvalue weighted by molar-refractivity contribution is -0.118. The fraction of sp³-hybridized carbons (Fsp3) is 0.412. The predicted octanol–water partition coefficient (Wildman–Crippen LogP) is 1.39. The summed E-state index contributed by atoms with van der Waals surface area (Å²) in [5.74, 6) is 1.66. The van der Waals surface area contributed by atoms with E-state index < -0.39 is 5.91 Å². The number of carbonyl (C=O) groups is 2. The van der Waals surface area contributed by atoms with E-state index >= 15 is 0 Å². The van der Waals surface area contributed by atoms with Crippen molar-refractivity contribution in [2.24, 2.45) is 5.73 Å². The van der Waals surface area contributed by atoms with Crippen molar-refractivity contribution >= 4 is 29.3 Å². The summed E-state index contributed by atoms with van der Waals surface area (Å²) >= 11 is 1.21. The number of methoxy groups -OCH3 is 2. The number of nitrogens with two attached hydrogens (primary N) is 1. The van der Waals surface area contributed by atoms with E-state index in [0.29, 0.717) is 28.3 Å². The highest BCUT2D eigenvalue weighted by molar-refractivity contribution is 7.99.